The maximum atomic E-state index is 13.7. The zero-order valence-electron chi connectivity index (χ0n) is 21.4. The third-order valence-electron chi connectivity index (χ3n) is 5.72. The van der Waals surface area contributed by atoms with Crippen LogP contribution in [0.15, 0.2) is 42.5 Å². The van der Waals surface area contributed by atoms with E-state index in [-0.39, 0.29) is 18.4 Å². The molecule has 10 heteroatoms. The lowest BCUT2D eigenvalue weighted by atomic mass is 10.1. The summed E-state index contributed by atoms with van der Waals surface area (Å²) in [6.45, 7) is 7.86. The van der Waals surface area contributed by atoms with Crippen molar-refractivity contribution in [2.45, 2.75) is 53.1 Å². The number of rotatable bonds is 12. The molecule has 0 bridgehead atoms. The molecule has 1 N–H and O–H groups in total. The van der Waals surface area contributed by atoms with Gasteiger partial charge in [-0.05, 0) is 54.2 Å². The van der Waals surface area contributed by atoms with E-state index in [2.05, 4.69) is 5.32 Å². The Morgan fingerprint density at radius 1 is 0.972 bits per heavy atom. The summed E-state index contributed by atoms with van der Waals surface area (Å²) in [5.74, 6) is -0.562. The summed E-state index contributed by atoms with van der Waals surface area (Å²) >= 11 is 12.2. The third-order valence-corrected chi connectivity index (χ3v) is 7.60. The average Bonchev–Trinajstić information content (AvgIpc) is 2.82. The number of nitrogens with one attached hydrogen (secondary N) is 1. The average molecular weight is 557 g/mol. The molecule has 0 aliphatic carbocycles. The van der Waals surface area contributed by atoms with Gasteiger partial charge in [0.05, 0.1) is 22.0 Å². The number of hydrogen-bond acceptors (Lipinski definition) is 4. The number of amides is 2. The van der Waals surface area contributed by atoms with Crippen molar-refractivity contribution < 1.29 is 18.0 Å². The Hall–Kier alpha value is -2.29. The summed E-state index contributed by atoms with van der Waals surface area (Å²) in [5, 5.41) is 3.59. The second kappa shape index (κ2) is 13.3. The number of nitrogens with zero attached hydrogens (tertiary/aromatic N) is 2. The van der Waals surface area contributed by atoms with Gasteiger partial charge in [-0.1, -0.05) is 69.1 Å². The summed E-state index contributed by atoms with van der Waals surface area (Å²) in [5.41, 5.74) is 2.11. The zero-order chi connectivity index (χ0) is 27.0. The van der Waals surface area contributed by atoms with Crippen molar-refractivity contribution in [2.24, 2.45) is 5.92 Å². The molecule has 0 fully saturated rings. The lowest BCUT2D eigenvalue weighted by Crippen LogP contribution is -2.52. The topological polar surface area (TPSA) is 86.8 Å². The van der Waals surface area contributed by atoms with Crippen molar-refractivity contribution >= 4 is 50.7 Å². The fourth-order valence-corrected chi connectivity index (χ4v) is 4.86. The van der Waals surface area contributed by atoms with Crippen molar-refractivity contribution in [1.29, 1.82) is 0 Å². The van der Waals surface area contributed by atoms with Gasteiger partial charge in [0, 0.05) is 13.1 Å². The Labute approximate surface area is 224 Å². The minimum Gasteiger partial charge on any atom is -0.354 e. The van der Waals surface area contributed by atoms with E-state index >= 15 is 0 Å². The van der Waals surface area contributed by atoms with Crippen LogP contribution in [0.5, 0.6) is 0 Å². The molecule has 0 aromatic heterocycles. The summed E-state index contributed by atoms with van der Waals surface area (Å²) < 4.78 is 26.4. The van der Waals surface area contributed by atoms with Gasteiger partial charge in [-0.2, -0.15) is 0 Å². The third kappa shape index (κ3) is 8.39. The molecule has 0 saturated carbocycles. The maximum absolute atomic E-state index is 13.7. The van der Waals surface area contributed by atoms with Crippen LogP contribution in [-0.2, 0) is 32.6 Å². The van der Waals surface area contributed by atoms with Gasteiger partial charge in [-0.15, -0.1) is 0 Å². The predicted molar refractivity (Wildman–Crippen MR) is 147 cm³/mol. The molecule has 36 heavy (non-hydrogen) atoms. The van der Waals surface area contributed by atoms with Crippen LogP contribution in [0.1, 0.15) is 45.2 Å². The number of halogens is 2. The molecular weight excluding hydrogens is 521 g/mol. The number of aryl methyl sites for hydroxylation is 1. The van der Waals surface area contributed by atoms with Crippen molar-refractivity contribution in [3.63, 3.8) is 0 Å². The van der Waals surface area contributed by atoms with Gasteiger partial charge in [0.2, 0.25) is 21.8 Å². The van der Waals surface area contributed by atoms with E-state index in [0.29, 0.717) is 34.3 Å². The van der Waals surface area contributed by atoms with Crippen molar-refractivity contribution in [2.75, 3.05) is 23.7 Å². The van der Waals surface area contributed by atoms with Gasteiger partial charge in [-0.25, -0.2) is 8.42 Å². The summed E-state index contributed by atoms with van der Waals surface area (Å²) in [6.07, 6.45) is 2.21. The largest absolute Gasteiger partial charge is 0.354 e. The van der Waals surface area contributed by atoms with E-state index < -0.39 is 28.5 Å². The lowest BCUT2D eigenvalue weighted by molar-refractivity contribution is -0.140. The molecule has 0 spiro atoms. The number of sulfonamides is 1. The fraction of sp³-hybridized carbons (Fsp3) is 0.462. The Kier molecular flexibility index (Phi) is 11.1. The van der Waals surface area contributed by atoms with Gasteiger partial charge >= 0.3 is 0 Å². The molecule has 2 aromatic carbocycles. The van der Waals surface area contributed by atoms with Crippen LogP contribution in [0.25, 0.3) is 0 Å². The van der Waals surface area contributed by atoms with Crippen LogP contribution in [0.2, 0.25) is 10.0 Å². The highest BCUT2D eigenvalue weighted by molar-refractivity contribution is 7.92. The lowest BCUT2D eigenvalue weighted by Gasteiger charge is -2.33. The normalized spacial score (nSPS) is 12.3. The second-order valence-electron chi connectivity index (χ2n) is 9.12. The predicted octanol–water partition coefficient (Wildman–Crippen LogP) is 4.90. The highest BCUT2D eigenvalue weighted by atomic mass is 35.5. The van der Waals surface area contributed by atoms with E-state index in [1.807, 2.05) is 39.8 Å². The van der Waals surface area contributed by atoms with Crippen LogP contribution in [0.3, 0.4) is 0 Å². The van der Waals surface area contributed by atoms with Crippen molar-refractivity contribution in [3.8, 4) is 0 Å². The molecule has 0 unspecified atom stereocenters. The Morgan fingerprint density at radius 2 is 1.58 bits per heavy atom. The Morgan fingerprint density at radius 3 is 2.08 bits per heavy atom. The summed E-state index contributed by atoms with van der Waals surface area (Å²) in [6, 6.07) is 11.2. The zero-order valence-corrected chi connectivity index (χ0v) is 23.8. The van der Waals surface area contributed by atoms with Gasteiger partial charge in [0.15, 0.2) is 0 Å². The van der Waals surface area contributed by atoms with Gasteiger partial charge in [-0.3, -0.25) is 13.9 Å². The van der Waals surface area contributed by atoms with Crippen LogP contribution in [0, 0.1) is 5.92 Å². The van der Waals surface area contributed by atoms with E-state index in [1.54, 1.807) is 30.3 Å². The smallest absolute Gasteiger partial charge is 0.244 e. The molecule has 0 aliphatic heterocycles. The van der Waals surface area contributed by atoms with Gasteiger partial charge < -0.3 is 10.2 Å². The Balaban J connectivity index is 2.43. The van der Waals surface area contributed by atoms with E-state index in [4.69, 9.17) is 23.2 Å². The monoisotopic (exact) mass is 555 g/mol. The van der Waals surface area contributed by atoms with Gasteiger partial charge in [0.25, 0.3) is 0 Å². The number of carbonyl (C=O) groups excluding carboxylic acids is 2. The quantitative estimate of drug-likeness (QED) is 0.403. The molecule has 2 aromatic rings. The molecule has 198 valence electrons. The molecular formula is C26H35Cl2N3O4S. The van der Waals surface area contributed by atoms with E-state index in [1.165, 1.54) is 4.90 Å². The maximum Gasteiger partial charge on any atom is 0.244 e. The minimum absolute atomic E-state index is 0.0652. The first-order valence-corrected chi connectivity index (χ1v) is 14.6. The highest BCUT2D eigenvalue weighted by Crippen LogP contribution is 2.25. The molecule has 0 saturated heterocycles. The van der Waals surface area contributed by atoms with Crippen molar-refractivity contribution in [1.82, 2.24) is 10.2 Å². The molecule has 7 nitrogen and oxygen atoms in total. The molecule has 2 rings (SSSR count). The van der Waals surface area contributed by atoms with Crippen LogP contribution in [0.4, 0.5) is 5.69 Å². The SMILES string of the molecule is CCc1ccc(N(CC(=O)N(Cc2ccc(Cl)c(Cl)c2)[C@H](CC)C(=O)NCC(C)C)S(C)(=O)=O)cc1. The summed E-state index contributed by atoms with van der Waals surface area (Å²) in [4.78, 5) is 28.2. The molecule has 0 aliphatic rings. The standard InChI is InChI=1S/C26H35Cl2N3O4S/c1-6-19-8-11-21(12-9-19)31(36(5,34)35)17-25(32)30(16-20-10-13-22(27)23(28)14-20)24(7-2)26(33)29-15-18(3)4/h8-14,18,24H,6-7,15-17H2,1-5H3,(H,29,33)/t24-/m1/s1. The van der Waals surface area contributed by atoms with E-state index in [9.17, 15) is 18.0 Å². The first kappa shape index (κ1) is 29.9. The minimum atomic E-state index is -3.78. The highest BCUT2D eigenvalue weighted by Gasteiger charge is 2.31. The molecule has 0 radical (unpaired) electrons. The number of anilines is 1. The number of benzene rings is 2. The van der Waals surface area contributed by atoms with Crippen LogP contribution >= 0.6 is 23.2 Å². The van der Waals surface area contributed by atoms with E-state index in [0.717, 1.165) is 22.5 Å². The first-order valence-electron chi connectivity index (χ1n) is 11.9. The van der Waals surface area contributed by atoms with Crippen LogP contribution in [-0.4, -0.2) is 50.5 Å². The fourth-order valence-electron chi connectivity index (χ4n) is 3.69. The Bertz CT molecular complexity index is 1150. The van der Waals surface area contributed by atoms with Crippen LogP contribution < -0.4 is 9.62 Å². The first-order chi connectivity index (χ1) is 16.9. The van der Waals surface area contributed by atoms with Gasteiger partial charge in [0.1, 0.15) is 12.6 Å². The molecule has 0 heterocycles. The molecule has 2 amide bonds. The van der Waals surface area contributed by atoms with Crippen molar-refractivity contribution in [3.05, 3.63) is 63.6 Å². The number of hydrogen-bond donors (Lipinski definition) is 1. The number of carbonyl (C=O) groups is 2. The molecule has 1 atom stereocenters. The second-order valence-corrected chi connectivity index (χ2v) is 11.8. The summed E-state index contributed by atoms with van der Waals surface area (Å²) in [7, 11) is -3.78.